The summed E-state index contributed by atoms with van der Waals surface area (Å²) in [4.78, 5) is 24.7. The van der Waals surface area contributed by atoms with E-state index in [4.69, 9.17) is 0 Å². The summed E-state index contributed by atoms with van der Waals surface area (Å²) in [6.45, 7) is 12.7. The fourth-order valence-electron chi connectivity index (χ4n) is 6.49. The summed E-state index contributed by atoms with van der Waals surface area (Å²) in [5.41, 5.74) is 6.10. The van der Waals surface area contributed by atoms with Crippen LogP contribution >= 0.6 is 0 Å². The fraction of sp³-hybridized carbons (Fsp3) is 0.429. The van der Waals surface area contributed by atoms with Gasteiger partial charge in [0.15, 0.2) is 0 Å². The van der Waals surface area contributed by atoms with Crippen LogP contribution in [0.15, 0.2) is 67.4 Å². The van der Waals surface area contributed by atoms with Gasteiger partial charge in [0.25, 0.3) is 5.91 Å². The molecule has 3 heterocycles. The van der Waals surface area contributed by atoms with Crippen LogP contribution in [-0.2, 0) is 6.42 Å². The maximum absolute atomic E-state index is 12.9. The van der Waals surface area contributed by atoms with Crippen molar-refractivity contribution < 1.29 is 9.90 Å². The molecule has 3 aromatic rings. The summed E-state index contributed by atoms with van der Waals surface area (Å²) in [6.07, 6.45) is 8.39. The van der Waals surface area contributed by atoms with E-state index in [-0.39, 0.29) is 17.7 Å². The van der Waals surface area contributed by atoms with E-state index in [0.29, 0.717) is 11.6 Å². The minimum atomic E-state index is -0.245. The predicted octanol–water partition coefficient (Wildman–Crippen LogP) is 6.40. The Bertz CT molecular complexity index is 1390. The van der Waals surface area contributed by atoms with E-state index >= 15 is 0 Å². The third-order valence-electron chi connectivity index (χ3n) is 8.97. The van der Waals surface area contributed by atoms with E-state index in [9.17, 15) is 9.90 Å². The highest BCUT2D eigenvalue weighted by atomic mass is 16.3. The molecule has 7 nitrogen and oxygen atoms in total. The topological polar surface area (TPSA) is 71.9 Å². The van der Waals surface area contributed by atoms with Crippen LogP contribution in [0.2, 0.25) is 0 Å². The average Bonchev–Trinajstić information content (AvgIpc) is 3.72. The molecule has 2 aromatic carbocycles. The highest BCUT2D eigenvalue weighted by Gasteiger charge is 2.28. The van der Waals surface area contributed by atoms with Gasteiger partial charge < -0.3 is 25.1 Å². The molecule has 0 radical (unpaired) electrons. The van der Waals surface area contributed by atoms with Crippen molar-refractivity contribution in [2.45, 2.75) is 64.5 Å². The number of pyridine rings is 1. The number of anilines is 2. The Kier molecular flexibility index (Phi) is 9.35. The van der Waals surface area contributed by atoms with Gasteiger partial charge in [0.1, 0.15) is 11.6 Å². The smallest absolute Gasteiger partial charge is 0.255 e. The van der Waals surface area contributed by atoms with Gasteiger partial charge in [-0.05, 0) is 79.5 Å². The normalized spacial score (nSPS) is 18.2. The highest BCUT2D eigenvalue weighted by molar-refractivity contribution is 5.97. The maximum Gasteiger partial charge on any atom is 0.255 e. The van der Waals surface area contributed by atoms with Crippen LogP contribution in [0.25, 0.3) is 5.70 Å². The van der Waals surface area contributed by atoms with Crippen LogP contribution in [0.1, 0.15) is 79.0 Å². The van der Waals surface area contributed by atoms with Crippen LogP contribution < -0.4 is 15.1 Å². The maximum atomic E-state index is 12.9. The second-order valence-corrected chi connectivity index (χ2v) is 11.3. The Morgan fingerprint density at radius 3 is 2.45 bits per heavy atom. The van der Waals surface area contributed by atoms with Crippen molar-refractivity contribution in [1.82, 2.24) is 15.2 Å². The molecule has 3 aliphatic rings. The molecule has 6 rings (SSSR count). The van der Waals surface area contributed by atoms with E-state index in [0.717, 1.165) is 74.5 Å². The van der Waals surface area contributed by atoms with Crippen LogP contribution in [0.5, 0.6) is 5.75 Å². The lowest BCUT2D eigenvalue weighted by atomic mass is 9.99. The molecule has 1 atom stereocenters. The number of aromatic hydroxyl groups is 1. The molecule has 0 saturated carbocycles. The number of hydrogen-bond acceptors (Lipinski definition) is 6. The average molecular weight is 568 g/mol. The molecular formula is C35H45N5O2. The van der Waals surface area contributed by atoms with Gasteiger partial charge in [-0.15, -0.1) is 0 Å². The van der Waals surface area contributed by atoms with Gasteiger partial charge in [0, 0.05) is 62.9 Å². The summed E-state index contributed by atoms with van der Waals surface area (Å²) < 4.78 is 0. The number of nitrogens with zero attached hydrogens (tertiary/aromatic N) is 4. The molecule has 2 aliphatic heterocycles. The van der Waals surface area contributed by atoms with E-state index < -0.39 is 0 Å². The number of phenols is 1. The Balaban J connectivity index is 0.00000173. The molecule has 222 valence electrons. The van der Waals surface area contributed by atoms with E-state index in [1.807, 2.05) is 20.0 Å². The van der Waals surface area contributed by atoms with E-state index in [1.165, 1.54) is 24.1 Å². The zero-order valence-corrected chi connectivity index (χ0v) is 25.4. The third kappa shape index (κ3) is 6.25. The second kappa shape index (κ2) is 13.3. The molecule has 2 saturated heterocycles. The Labute approximate surface area is 250 Å². The van der Waals surface area contributed by atoms with E-state index in [2.05, 4.69) is 69.0 Å². The van der Waals surface area contributed by atoms with E-state index in [1.54, 1.807) is 24.3 Å². The van der Waals surface area contributed by atoms with Gasteiger partial charge in [0.2, 0.25) is 0 Å². The monoisotopic (exact) mass is 567 g/mol. The van der Waals surface area contributed by atoms with Crippen molar-refractivity contribution in [2.75, 3.05) is 43.0 Å². The lowest BCUT2D eigenvalue weighted by Gasteiger charge is -2.39. The third-order valence-corrected chi connectivity index (χ3v) is 8.97. The van der Waals surface area contributed by atoms with Crippen LogP contribution in [0.4, 0.5) is 11.5 Å². The highest BCUT2D eigenvalue weighted by Crippen LogP contribution is 2.35. The molecule has 1 aliphatic carbocycles. The fourth-order valence-corrected chi connectivity index (χ4v) is 6.49. The number of rotatable bonds is 7. The van der Waals surface area contributed by atoms with Crippen molar-refractivity contribution in [3.05, 3.63) is 89.6 Å². The van der Waals surface area contributed by atoms with Crippen molar-refractivity contribution in [3.63, 3.8) is 0 Å². The first-order chi connectivity index (χ1) is 20.5. The Morgan fingerprint density at radius 1 is 0.976 bits per heavy atom. The van der Waals surface area contributed by atoms with Crippen molar-refractivity contribution >= 4 is 23.1 Å². The van der Waals surface area contributed by atoms with Crippen molar-refractivity contribution in [3.8, 4) is 5.75 Å². The Hall–Kier alpha value is -4.00. The summed E-state index contributed by atoms with van der Waals surface area (Å²) in [5, 5.41) is 13.2. The predicted molar refractivity (Wildman–Crippen MR) is 172 cm³/mol. The minimum absolute atomic E-state index is 0.00369. The summed E-state index contributed by atoms with van der Waals surface area (Å²) >= 11 is 0. The minimum Gasteiger partial charge on any atom is -0.507 e. The molecule has 0 spiro atoms. The number of hydrogen-bond donors (Lipinski definition) is 2. The van der Waals surface area contributed by atoms with Gasteiger partial charge in [-0.2, -0.15) is 0 Å². The number of para-hydroxylation sites is 1. The zero-order valence-electron chi connectivity index (χ0n) is 25.4. The quantitative estimate of drug-likeness (QED) is 0.344. The number of carbonyl (C=O) groups is 1. The molecule has 2 N–H and O–H groups in total. The summed E-state index contributed by atoms with van der Waals surface area (Å²) in [5.74, 6) is 0.865. The molecule has 42 heavy (non-hydrogen) atoms. The van der Waals surface area contributed by atoms with Gasteiger partial charge in [-0.25, -0.2) is 4.98 Å². The number of fused-ring (bicyclic) bond motifs is 1. The molecular weight excluding hydrogens is 522 g/mol. The molecule has 1 aromatic heterocycles. The molecule has 0 bridgehead atoms. The Morgan fingerprint density at radius 2 is 1.71 bits per heavy atom. The largest absolute Gasteiger partial charge is 0.507 e. The van der Waals surface area contributed by atoms with Crippen LogP contribution in [0, 0.1) is 0 Å². The number of aromatic nitrogens is 1. The zero-order chi connectivity index (χ0) is 29.6. The molecule has 1 amide bonds. The van der Waals surface area contributed by atoms with Crippen molar-refractivity contribution in [2.24, 2.45) is 0 Å². The van der Waals surface area contributed by atoms with Gasteiger partial charge in [0.05, 0.1) is 11.6 Å². The van der Waals surface area contributed by atoms with Crippen LogP contribution in [0.3, 0.4) is 0 Å². The number of aryl methyl sites for hydroxylation is 1. The summed E-state index contributed by atoms with van der Waals surface area (Å²) in [7, 11) is 2.16. The number of phenolic OH excluding ortho intramolecular Hbond substituents is 1. The SMILES string of the molecule is C=C(c1ccc2c(c1)C(NC(=O)c1ccccc1O)CC2)N(C)C1CCN(c2ccnc(N3CCCC3)c2)CC1.CC. The number of carbonyl (C=O) groups excluding carboxylic acids is 1. The van der Waals surface area contributed by atoms with Crippen molar-refractivity contribution in [1.29, 1.82) is 0 Å². The molecule has 1 unspecified atom stereocenters. The first-order valence-corrected chi connectivity index (χ1v) is 15.6. The lowest BCUT2D eigenvalue weighted by molar-refractivity contribution is 0.0934. The molecule has 7 heteroatoms. The first-order valence-electron chi connectivity index (χ1n) is 15.6. The van der Waals surface area contributed by atoms with Gasteiger partial charge in [-0.3, -0.25) is 4.79 Å². The number of nitrogens with one attached hydrogen (secondary N) is 1. The first kappa shape index (κ1) is 29.5. The van der Waals surface area contributed by atoms with Gasteiger partial charge >= 0.3 is 0 Å². The number of amides is 1. The second-order valence-electron chi connectivity index (χ2n) is 11.3. The van der Waals surface area contributed by atoms with Crippen LogP contribution in [-0.4, -0.2) is 60.2 Å². The summed E-state index contributed by atoms with van der Waals surface area (Å²) in [6, 6.07) is 18.0. The number of benzene rings is 2. The molecule has 2 fully saturated rings. The van der Waals surface area contributed by atoms with Gasteiger partial charge in [-0.1, -0.05) is 44.7 Å². The lowest BCUT2D eigenvalue weighted by Crippen LogP contribution is -2.42. The number of piperidine rings is 1. The standard InChI is InChI=1S/C33H39N5O2.C2H6/c1-23(25-10-9-24-11-12-30(29(24)21-25)35-33(40)28-7-3-4-8-31(28)39)36(2)26-14-19-37(20-15-26)27-13-16-34-32(22-27)38-17-5-6-18-38;1-2/h3-4,7-10,13,16,21-22,26,30,39H,1,5-6,11-12,14-15,17-20H2,2H3,(H,35,40);1-2H3.